The van der Waals surface area contributed by atoms with E-state index in [4.69, 9.17) is 0 Å². The maximum atomic E-state index is 13.0. The van der Waals surface area contributed by atoms with E-state index in [-0.39, 0.29) is 25.2 Å². The van der Waals surface area contributed by atoms with Gasteiger partial charge in [-0.25, -0.2) is 4.39 Å². The summed E-state index contributed by atoms with van der Waals surface area (Å²) in [7, 11) is 0. The fourth-order valence-corrected chi connectivity index (χ4v) is 2.73. The number of nitrogens with one attached hydrogen (secondary N) is 1. The van der Waals surface area contributed by atoms with E-state index < -0.39 is 24.0 Å². The second-order valence-electron chi connectivity index (χ2n) is 5.48. The van der Waals surface area contributed by atoms with Crippen LogP contribution < -0.4 is 5.32 Å². The Labute approximate surface area is 120 Å². The van der Waals surface area contributed by atoms with Crippen LogP contribution in [0.1, 0.15) is 31.2 Å². The summed E-state index contributed by atoms with van der Waals surface area (Å²) in [6.45, 7) is 0. The Balaban J connectivity index is 1.88. The smallest absolute Gasteiger partial charge is 0.353 e. The molecule has 6 heteroatoms. The molecule has 1 N–H and O–H groups in total. The van der Waals surface area contributed by atoms with Gasteiger partial charge in [-0.15, -0.1) is 0 Å². The lowest BCUT2D eigenvalue weighted by Crippen LogP contribution is -2.42. The molecule has 0 heterocycles. The highest BCUT2D eigenvalue weighted by molar-refractivity contribution is 5.78. The molecule has 1 fully saturated rings. The summed E-state index contributed by atoms with van der Waals surface area (Å²) in [5, 5.41) is 2.63. The van der Waals surface area contributed by atoms with Gasteiger partial charge in [0.05, 0.1) is 12.3 Å². The van der Waals surface area contributed by atoms with E-state index in [1.165, 1.54) is 18.2 Å². The van der Waals surface area contributed by atoms with Gasteiger partial charge in [-0.2, -0.15) is 13.2 Å². The van der Waals surface area contributed by atoms with Crippen LogP contribution in [0.3, 0.4) is 0 Å². The molecule has 0 bridgehead atoms. The molecule has 116 valence electrons. The van der Waals surface area contributed by atoms with Crippen molar-refractivity contribution in [2.75, 3.05) is 0 Å². The number of halogens is 4. The van der Waals surface area contributed by atoms with Crippen LogP contribution in [0.4, 0.5) is 17.6 Å². The third kappa shape index (κ3) is 4.72. The molecule has 2 rings (SSSR count). The Morgan fingerprint density at radius 2 is 2.05 bits per heavy atom. The number of hydrogen-bond donors (Lipinski definition) is 1. The number of carbonyl (C=O) groups excluding carboxylic acids is 1. The van der Waals surface area contributed by atoms with Gasteiger partial charge in [0, 0.05) is 6.04 Å². The lowest BCUT2D eigenvalue weighted by molar-refractivity contribution is -0.184. The van der Waals surface area contributed by atoms with Gasteiger partial charge in [0.25, 0.3) is 0 Å². The topological polar surface area (TPSA) is 29.1 Å². The van der Waals surface area contributed by atoms with Crippen LogP contribution in [0.2, 0.25) is 0 Å². The average molecular weight is 303 g/mol. The first kappa shape index (κ1) is 15.8. The van der Waals surface area contributed by atoms with Crippen LogP contribution >= 0.6 is 0 Å². The number of alkyl halides is 3. The lowest BCUT2D eigenvalue weighted by Gasteiger charge is -2.31. The summed E-state index contributed by atoms with van der Waals surface area (Å²) in [5.74, 6) is -2.14. The SMILES string of the molecule is O=C(Cc1cccc(F)c1)NC1CCCC(C(F)(F)F)C1. The second kappa shape index (κ2) is 6.45. The second-order valence-corrected chi connectivity index (χ2v) is 5.48. The van der Waals surface area contributed by atoms with E-state index in [0.29, 0.717) is 18.4 Å². The van der Waals surface area contributed by atoms with Crippen molar-refractivity contribution in [3.05, 3.63) is 35.6 Å². The van der Waals surface area contributed by atoms with E-state index in [2.05, 4.69) is 5.32 Å². The van der Waals surface area contributed by atoms with Crippen LogP contribution in [0.5, 0.6) is 0 Å². The summed E-state index contributed by atoms with van der Waals surface area (Å²) in [6.07, 6.45) is -3.16. The zero-order valence-corrected chi connectivity index (χ0v) is 11.4. The first-order valence-electron chi connectivity index (χ1n) is 6.95. The summed E-state index contributed by atoms with van der Waals surface area (Å²) in [6, 6.07) is 5.18. The van der Waals surface area contributed by atoms with Gasteiger partial charge in [-0.05, 0) is 37.0 Å². The lowest BCUT2D eigenvalue weighted by atomic mass is 9.85. The molecule has 0 aromatic heterocycles. The van der Waals surface area contributed by atoms with Gasteiger partial charge in [0.2, 0.25) is 5.91 Å². The van der Waals surface area contributed by atoms with E-state index in [0.717, 1.165) is 0 Å². The van der Waals surface area contributed by atoms with Crippen molar-refractivity contribution in [3.8, 4) is 0 Å². The monoisotopic (exact) mass is 303 g/mol. The van der Waals surface area contributed by atoms with Gasteiger partial charge >= 0.3 is 6.18 Å². The van der Waals surface area contributed by atoms with Gasteiger partial charge in [-0.1, -0.05) is 18.6 Å². The van der Waals surface area contributed by atoms with Crippen molar-refractivity contribution in [1.82, 2.24) is 5.32 Å². The number of rotatable bonds is 3. The Hall–Kier alpha value is -1.59. The molecule has 2 atom stereocenters. The zero-order chi connectivity index (χ0) is 15.5. The molecular formula is C15H17F4NO. The minimum absolute atomic E-state index is 0.0229. The van der Waals surface area contributed by atoms with Gasteiger partial charge in [0.1, 0.15) is 5.82 Å². The van der Waals surface area contributed by atoms with E-state index in [1.54, 1.807) is 6.07 Å². The standard InChI is InChI=1S/C15H17F4NO/c16-12-5-1-3-10(7-12)8-14(21)20-13-6-2-4-11(9-13)15(17,18)19/h1,3,5,7,11,13H,2,4,6,8-9H2,(H,20,21). The summed E-state index contributed by atoms with van der Waals surface area (Å²) >= 11 is 0. The summed E-state index contributed by atoms with van der Waals surface area (Å²) in [5.41, 5.74) is 0.510. The number of hydrogen-bond acceptors (Lipinski definition) is 1. The highest BCUT2D eigenvalue weighted by Crippen LogP contribution is 2.37. The molecule has 21 heavy (non-hydrogen) atoms. The quantitative estimate of drug-likeness (QED) is 0.849. The zero-order valence-electron chi connectivity index (χ0n) is 11.4. The predicted molar refractivity (Wildman–Crippen MR) is 70.0 cm³/mol. The van der Waals surface area contributed by atoms with E-state index in [1.807, 2.05) is 0 Å². The van der Waals surface area contributed by atoms with Crippen LogP contribution in [-0.2, 0) is 11.2 Å². The Morgan fingerprint density at radius 3 is 2.71 bits per heavy atom. The third-order valence-electron chi connectivity index (χ3n) is 3.76. The normalized spacial score (nSPS) is 22.9. The number of carbonyl (C=O) groups is 1. The van der Waals surface area contributed by atoms with Gasteiger partial charge in [0.15, 0.2) is 0 Å². The molecule has 0 saturated heterocycles. The largest absolute Gasteiger partial charge is 0.391 e. The van der Waals surface area contributed by atoms with Crippen molar-refractivity contribution >= 4 is 5.91 Å². The maximum Gasteiger partial charge on any atom is 0.391 e. The van der Waals surface area contributed by atoms with Crippen molar-refractivity contribution in [1.29, 1.82) is 0 Å². The van der Waals surface area contributed by atoms with Crippen molar-refractivity contribution in [2.24, 2.45) is 5.92 Å². The van der Waals surface area contributed by atoms with Crippen LogP contribution in [0, 0.1) is 11.7 Å². The molecule has 0 radical (unpaired) electrons. The van der Waals surface area contributed by atoms with Crippen molar-refractivity contribution < 1.29 is 22.4 Å². The molecule has 1 aromatic carbocycles. The highest BCUT2D eigenvalue weighted by Gasteiger charge is 2.42. The first-order valence-corrected chi connectivity index (χ1v) is 6.95. The molecule has 1 aliphatic carbocycles. The molecule has 2 unspecified atom stereocenters. The van der Waals surface area contributed by atoms with Crippen LogP contribution in [-0.4, -0.2) is 18.1 Å². The summed E-state index contributed by atoms with van der Waals surface area (Å²) < 4.78 is 51.1. The molecule has 0 spiro atoms. The van der Waals surface area contributed by atoms with Crippen molar-refractivity contribution in [2.45, 2.75) is 44.3 Å². The Bertz CT molecular complexity index is 501. The number of benzene rings is 1. The molecule has 2 nitrogen and oxygen atoms in total. The maximum absolute atomic E-state index is 13.0. The van der Waals surface area contributed by atoms with E-state index in [9.17, 15) is 22.4 Å². The van der Waals surface area contributed by atoms with Crippen LogP contribution in [0.25, 0.3) is 0 Å². The molecule has 1 aliphatic rings. The van der Waals surface area contributed by atoms with Gasteiger partial charge < -0.3 is 5.32 Å². The molecular weight excluding hydrogens is 286 g/mol. The summed E-state index contributed by atoms with van der Waals surface area (Å²) in [4.78, 5) is 11.8. The fraction of sp³-hybridized carbons (Fsp3) is 0.533. The molecule has 1 saturated carbocycles. The first-order chi connectivity index (χ1) is 9.84. The fourth-order valence-electron chi connectivity index (χ4n) is 2.73. The minimum atomic E-state index is -4.20. The molecule has 1 amide bonds. The van der Waals surface area contributed by atoms with Crippen LogP contribution in [0.15, 0.2) is 24.3 Å². The Morgan fingerprint density at radius 1 is 1.29 bits per heavy atom. The average Bonchev–Trinajstić information content (AvgIpc) is 2.37. The number of amides is 1. The minimum Gasteiger partial charge on any atom is -0.353 e. The predicted octanol–water partition coefficient (Wildman–Crippen LogP) is 3.61. The molecule has 1 aromatic rings. The van der Waals surface area contributed by atoms with Crippen molar-refractivity contribution in [3.63, 3.8) is 0 Å². The third-order valence-corrected chi connectivity index (χ3v) is 3.76. The highest BCUT2D eigenvalue weighted by atomic mass is 19.4. The van der Waals surface area contributed by atoms with Gasteiger partial charge in [-0.3, -0.25) is 4.79 Å². The Kier molecular flexibility index (Phi) is 4.85. The van der Waals surface area contributed by atoms with E-state index >= 15 is 0 Å². The molecule has 0 aliphatic heterocycles.